The van der Waals surface area contributed by atoms with Crippen molar-refractivity contribution in [3.05, 3.63) is 185 Å². The summed E-state index contributed by atoms with van der Waals surface area (Å²) < 4.78 is 0. The summed E-state index contributed by atoms with van der Waals surface area (Å²) in [5.74, 6) is 0. The van der Waals surface area contributed by atoms with E-state index < -0.39 is 5.41 Å². The lowest BCUT2D eigenvalue weighted by molar-refractivity contribution is 0.768. The molecule has 0 heterocycles. The predicted octanol–water partition coefficient (Wildman–Crippen LogP) is 10.2. The van der Waals surface area contributed by atoms with Gasteiger partial charge in [0.2, 0.25) is 0 Å². The molecule has 0 bridgehead atoms. The fourth-order valence-electron chi connectivity index (χ4n) is 6.21. The van der Waals surface area contributed by atoms with E-state index in [1.54, 1.807) is 0 Å². The maximum atomic E-state index is 6.78. The van der Waals surface area contributed by atoms with E-state index in [0.717, 1.165) is 17.1 Å². The van der Waals surface area contributed by atoms with Gasteiger partial charge < -0.3 is 4.90 Å². The van der Waals surface area contributed by atoms with Crippen molar-refractivity contribution < 1.29 is 0 Å². The number of benzene rings is 6. The second kappa shape index (κ2) is 9.62. The molecule has 186 valence electrons. The van der Waals surface area contributed by atoms with Crippen LogP contribution in [0.25, 0.3) is 11.1 Å². The topological polar surface area (TPSA) is 3.24 Å². The highest BCUT2D eigenvalue weighted by Crippen LogP contribution is 2.57. The normalized spacial score (nSPS) is 12.9. The first kappa shape index (κ1) is 23.5. The Hall–Kier alpha value is -4.59. The second-order valence-electron chi connectivity index (χ2n) is 9.88. The van der Waals surface area contributed by atoms with Crippen molar-refractivity contribution in [3.63, 3.8) is 0 Å². The van der Waals surface area contributed by atoms with E-state index in [1.807, 2.05) is 24.3 Å². The van der Waals surface area contributed by atoms with Crippen LogP contribution in [0.2, 0.25) is 5.02 Å². The fourth-order valence-corrected chi connectivity index (χ4v) is 6.43. The number of nitrogens with zero attached hydrogens (tertiary/aromatic N) is 1. The van der Waals surface area contributed by atoms with Gasteiger partial charge in [-0.15, -0.1) is 0 Å². The minimum absolute atomic E-state index is 0.408. The molecule has 2 heteroatoms. The molecule has 0 aromatic heterocycles. The summed E-state index contributed by atoms with van der Waals surface area (Å²) in [4.78, 5) is 2.25. The number of anilines is 3. The van der Waals surface area contributed by atoms with E-state index in [1.165, 1.54) is 33.4 Å². The molecule has 0 spiro atoms. The van der Waals surface area contributed by atoms with Crippen molar-refractivity contribution in [1.82, 2.24) is 0 Å². The maximum absolute atomic E-state index is 6.78. The summed E-state index contributed by atoms with van der Waals surface area (Å²) in [7, 11) is 0. The Kier molecular flexibility index (Phi) is 5.80. The molecule has 6 aromatic rings. The number of para-hydroxylation sites is 2. The van der Waals surface area contributed by atoms with Crippen molar-refractivity contribution >= 4 is 28.7 Å². The molecule has 6 aromatic carbocycles. The van der Waals surface area contributed by atoms with Crippen molar-refractivity contribution in [2.45, 2.75) is 5.41 Å². The number of halogens is 1. The van der Waals surface area contributed by atoms with Crippen LogP contribution in [-0.2, 0) is 5.41 Å². The van der Waals surface area contributed by atoms with Crippen LogP contribution in [0.5, 0.6) is 0 Å². The summed E-state index contributed by atoms with van der Waals surface area (Å²) in [6, 6.07) is 56.0. The van der Waals surface area contributed by atoms with Gasteiger partial charge in [-0.25, -0.2) is 0 Å². The van der Waals surface area contributed by atoms with Gasteiger partial charge >= 0.3 is 0 Å². The van der Waals surface area contributed by atoms with Crippen LogP contribution in [-0.4, -0.2) is 0 Å². The smallest absolute Gasteiger partial charge is 0.0713 e. The Morgan fingerprint density at radius 2 is 0.974 bits per heavy atom. The summed E-state index contributed by atoms with van der Waals surface area (Å²) in [6.45, 7) is 0. The number of rotatable bonds is 5. The van der Waals surface area contributed by atoms with Crippen molar-refractivity contribution in [1.29, 1.82) is 0 Å². The molecule has 0 saturated heterocycles. The van der Waals surface area contributed by atoms with E-state index in [4.69, 9.17) is 11.6 Å². The monoisotopic (exact) mass is 519 g/mol. The Morgan fingerprint density at radius 3 is 1.64 bits per heavy atom. The third-order valence-electron chi connectivity index (χ3n) is 7.81. The SMILES string of the molecule is Clc1ccccc1N(c1ccccc1)c1ccc2c(c1)-c1ccccc1C2(c1ccccc1)c1ccccc1. The molecule has 1 nitrogen and oxygen atoms in total. The van der Waals surface area contributed by atoms with Crippen LogP contribution in [0.4, 0.5) is 17.1 Å². The van der Waals surface area contributed by atoms with Gasteiger partial charge in [0.1, 0.15) is 0 Å². The van der Waals surface area contributed by atoms with Crippen LogP contribution in [0.3, 0.4) is 0 Å². The Morgan fingerprint density at radius 1 is 0.436 bits per heavy atom. The zero-order valence-electron chi connectivity index (χ0n) is 21.3. The van der Waals surface area contributed by atoms with Crippen LogP contribution >= 0.6 is 11.6 Å². The largest absolute Gasteiger partial charge is 0.309 e. The maximum Gasteiger partial charge on any atom is 0.0713 e. The first-order chi connectivity index (χ1) is 19.3. The highest BCUT2D eigenvalue weighted by atomic mass is 35.5. The molecule has 0 N–H and O–H groups in total. The number of fused-ring (bicyclic) bond motifs is 3. The predicted molar refractivity (Wildman–Crippen MR) is 163 cm³/mol. The van der Waals surface area contributed by atoms with Crippen LogP contribution in [0.15, 0.2) is 158 Å². The van der Waals surface area contributed by atoms with Crippen LogP contribution in [0, 0.1) is 0 Å². The summed E-state index contributed by atoms with van der Waals surface area (Å²) >= 11 is 6.78. The van der Waals surface area contributed by atoms with Gasteiger partial charge in [0.15, 0.2) is 0 Å². The molecule has 0 unspecified atom stereocenters. The van der Waals surface area contributed by atoms with Gasteiger partial charge in [-0.1, -0.05) is 133 Å². The van der Waals surface area contributed by atoms with Crippen LogP contribution in [0.1, 0.15) is 22.3 Å². The Labute approximate surface area is 234 Å². The number of hydrogen-bond donors (Lipinski definition) is 0. The quantitative estimate of drug-likeness (QED) is 0.218. The van der Waals surface area contributed by atoms with E-state index >= 15 is 0 Å². The zero-order valence-corrected chi connectivity index (χ0v) is 22.1. The van der Waals surface area contributed by atoms with Crippen molar-refractivity contribution in [2.24, 2.45) is 0 Å². The molecule has 0 fully saturated rings. The first-order valence-electron chi connectivity index (χ1n) is 13.2. The lowest BCUT2D eigenvalue weighted by Crippen LogP contribution is -2.28. The van der Waals surface area contributed by atoms with E-state index in [9.17, 15) is 0 Å². The van der Waals surface area contributed by atoms with Gasteiger partial charge in [-0.3, -0.25) is 0 Å². The molecular weight excluding hydrogens is 494 g/mol. The lowest BCUT2D eigenvalue weighted by atomic mass is 9.68. The zero-order chi connectivity index (χ0) is 26.2. The van der Waals surface area contributed by atoms with Gasteiger partial charge in [0.25, 0.3) is 0 Å². The third-order valence-corrected chi connectivity index (χ3v) is 8.13. The van der Waals surface area contributed by atoms with E-state index in [-0.39, 0.29) is 0 Å². The molecule has 0 atom stereocenters. The Balaban J connectivity index is 1.53. The average Bonchev–Trinajstić information content (AvgIpc) is 3.30. The highest BCUT2D eigenvalue weighted by Gasteiger charge is 2.46. The van der Waals surface area contributed by atoms with Gasteiger partial charge in [0.05, 0.1) is 16.1 Å². The minimum atomic E-state index is -0.408. The minimum Gasteiger partial charge on any atom is -0.309 e. The fraction of sp³-hybridized carbons (Fsp3) is 0.0270. The average molecular weight is 520 g/mol. The van der Waals surface area contributed by atoms with Crippen LogP contribution < -0.4 is 4.90 Å². The molecule has 0 saturated carbocycles. The van der Waals surface area contributed by atoms with E-state index in [0.29, 0.717) is 5.02 Å². The summed E-state index contributed by atoms with van der Waals surface area (Å²) in [5.41, 5.74) is 10.3. The molecule has 0 radical (unpaired) electrons. The molecular formula is C37H26ClN. The standard InChI is InChI=1S/C37H26ClN/c38-35-22-12-13-23-36(35)39(29-18-8-3-9-19-29)30-24-25-34-32(26-30)31-20-10-11-21-33(31)37(34,27-14-4-1-5-15-27)28-16-6-2-7-17-28/h1-26H. The summed E-state index contributed by atoms with van der Waals surface area (Å²) in [5, 5.41) is 0.713. The van der Waals surface area contributed by atoms with Gasteiger partial charge in [-0.2, -0.15) is 0 Å². The summed E-state index contributed by atoms with van der Waals surface area (Å²) in [6.07, 6.45) is 0. The van der Waals surface area contributed by atoms with Gasteiger partial charge in [-0.05, 0) is 69.8 Å². The van der Waals surface area contributed by atoms with Crippen molar-refractivity contribution in [3.8, 4) is 11.1 Å². The Bertz CT molecular complexity index is 1720. The van der Waals surface area contributed by atoms with Gasteiger partial charge in [0, 0.05) is 11.4 Å². The lowest BCUT2D eigenvalue weighted by Gasteiger charge is -2.34. The third kappa shape index (κ3) is 3.70. The molecule has 1 aliphatic rings. The molecule has 1 aliphatic carbocycles. The molecule has 0 amide bonds. The highest BCUT2D eigenvalue weighted by molar-refractivity contribution is 6.33. The van der Waals surface area contributed by atoms with Crippen molar-refractivity contribution in [2.75, 3.05) is 4.90 Å². The molecule has 7 rings (SSSR count). The second-order valence-corrected chi connectivity index (χ2v) is 10.3. The number of hydrogen-bond acceptors (Lipinski definition) is 1. The molecule has 39 heavy (non-hydrogen) atoms. The molecule has 0 aliphatic heterocycles. The van der Waals surface area contributed by atoms with E-state index in [2.05, 4.69) is 138 Å². The first-order valence-corrected chi connectivity index (χ1v) is 13.6.